The summed E-state index contributed by atoms with van der Waals surface area (Å²) in [4.78, 5) is 0.214. The second kappa shape index (κ2) is 7.12. The number of benzene rings is 1. The van der Waals surface area contributed by atoms with Crippen LogP contribution in [0.4, 0.5) is 0 Å². The second-order valence-electron chi connectivity index (χ2n) is 4.91. The number of nitrogens with one attached hydrogen (secondary N) is 1. The van der Waals surface area contributed by atoms with Crippen molar-refractivity contribution in [2.24, 2.45) is 0 Å². The third kappa shape index (κ3) is 4.10. The molecule has 0 aliphatic heterocycles. The molecule has 0 spiro atoms. The maximum absolute atomic E-state index is 12.1. The molecule has 120 valence electrons. The molecule has 0 unspecified atom stereocenters. The SMILES string of the molecule is Cc1nn(CCCNS(=O)(=O)c2ccc(Cl)cc2)c(C)c1Br. The van der Waals surface area contributed by atoms with Crippen molar-refractivity contribution >= 4 is 37.6 Å². The van der Waals surface area contributed by atoms with Gasteiger partial charge in [0.05, 0.1) is 15.1 Å². The first-order valence-corrected chi connectivity index (χ1v) is 9.41. The summed E-state index contributed by atoms with van der Waals surface area (Å²) in [5.41, 5.74) is 1.97. The normalized spacial score (nSPS) is 11.8. The van der Waals surface area contributed by atoms with Crippen LogP contribution in [0.2, 0.25) is 5.02 Å². The summed E-state index contributed by atoms with van der Waals surface area (Å²) < 4.78 is 29.6. The summed E-state index contributed by atoms with van der Waals surface area (Å²) in [6.07, 6.45) is 0.654. The van der Waals surface area contributed by atoms with Crippen LogP contribution in [0.5, 0.6) is 0 Å². The second-order valence-corrected chi connectivity index (χ2v) is 7.91. The van der Waals surface area contributed by atoms with E-state index in [1.807, 2.05) is 18.5 Å². The highest BCUT2D eigenvalue weighted by Gasteiger charge is 2.13. The van der Waals surface area contributed by atoms with Crippen molar-refractivity contribution < 1.29 is 8.42 Å². The summed E-state index contributed by atoms with van der Waals surface area (Å²) in [5.74, 6) is 0. The van der Waals surface area contributed by atoms with E-state index in [-0.39, 0.29) is 4.90 Å². The maximum Gasteiger partial charge on any atom is 0.240 e. The van der Waals surface area contributed by atoms with Crippen molar-refractivity contribution in [2.75, 3.05) is 6.54 Å². The number of aryl methyl sites for hydroxylation is 2. The lowest BCUT2D eigenvalue weighted by atomic mass is 10.4. The first kappa shape index (κ1) is 17.5. The molecule has 22 heavy (non-hydrogen) atoms. The van der Waals surface area contributed by atoms with Gasteiger partial charge < -0.3 is 0 Å². The molecular formula is C14H17BrClN3O2S. The van der Waals surface area contributed by atoms with E-state index in [1.165, 1.54) is 12.1 Å². The lowest BCUT2D eigenvalue weighted by Gasteiger charge is -2.08. The van der Waals surface area contributed by atoms with Gasteiger partial charge in [-0.1, -0.05) is 11.6 Å². The Labute approximate surface area is 143 Å². The van der Waals surface area contributed by atoms with E-state index in [9.17, 15) is 8.42 Å². The largest absolute Gasteiger partial charge is 0.268 e. The number of nitrogens with zero attached hydrogens (tertiary/aromatic N) is 2. The van der Waals surface area contributed by atoms with Crippen LogP contribution in [-0.2, 0) is 16.6 Å². The van der Waals surface area contributed by atoms with Crippen LogP contribution < -0.4 is 4.72 Å². The van der Waals surface area contributed by atoms with E-state index in [0.29, 0.717) is 24.5 Å². The lowest BCUT2D eigenvalue weighted by Crippen LogP contribution is -2.25. The van der Waals surface area contributed by atoms with Crippen LogP contribution in [0.3, 0.4) is 0 Å². The minimum Gasteiger partial charge on any atom is -0.268 e. The summed E-state index contributed by atoms with van der Waals surface area (Å²) >= 11 is 9.23. The molecule has 0 amide bonds. The summed E-state index contributed by atoms with van der Waals surface area (Å²) in [6, 6.07) is 6.10. The molecule has 8 heteroatoms. The highest BCUT2D eigenvalue weighted by Crippen LogP contribution is 2.19. The Balaban J connectivity index is 1.90. The first-order valence-electron chi connectivity index (χ1n) is 6.76. The zero-order valence-electron chi connectivity index (χ0n) is 12.3. The van der Waals surface area contributed by atoms with Crippen molar-refractivity contribution in [3.8, 4) is 0 Å². The predicted molar refractivity (Wildman–Crippen MR) is 90.7 cm³/mol. The van der Waals surface area contributed by atoms with Crippen LogP contribution in [0.15, 0.2) is 33.6 Å². The number of aromatic nitrogens is 2. The first-order chi connectivity index (χ1) is 10.3. The summed E-state index contributed by atoms with van der Waals surface area (Å²) in [7, 11) is -3.49. The molecule has 2 aromatic rings. The fourth-order valence-electron chi connectivity index (χ4n) is 2.03. The Hall–Kier alpha value is -0.890. The molecule has 1 aromatic carbocycles. The van der Waals surface area contributed by atoms with Crippen LogP contribution in [-0.4, -0.2) is 24.7 Å². The fraction of sp³-hybridized carbons (Fsp3) is 0.357. The third-order valence-electron chi connectivity index (χ3n) is 3.26. The van der Waals surface area contributed by atoms with Crippen molar-refractivity contribution in [1.82, 2.24) is 14.5 Å². The fourth-order valence-corrected chi connectivity index (χ4v) is 3.51. The van der Waals surface area contributed by atoms with Crippen molar-refractivity contribution in [2.45, 2.75) is 31.7 Å². The third-order valence-corrected chi connectivity index (χ3v) is 6.13. The van der Waals surface area contributed by atoms with Gasteiger partial charge in [-0.15, -0.1) is 0 Å². The molecule has 0 saturated heterocycles. The molecule has 1 aromatic heterocycles. The molecule has 0 radical (unpaired) electrons. The van der Waals surface area contributed by atoms with E-state index in [0.717, 1.165) is 15.9 Å². The van der Waals surface area contributed by atoms with Gasteiger partial charge in [0, 0.05) is 23.8 Å². The molecule has 2 rings (SSSR count). The van der Waals surface area contributed by atoms with Gasteiger partial charge in [0.25, 0.3) is 0 Å². The molecule has 0 atom stereocenters. The van der Waals surface area contributed by atoms with Crippen LogP contribution in [0, 0.1) is 13.8 Å². The topological polar surface area (TPSA) is 64.0 Å². The van der Waals surface area contributed by atoms with Crippen LogP contribution >= 0.6 is 27.5 Å². The van der Waals surface area contributed by atoms with Gasteiger partial charge in [0.1, 0.15) is 0 Å². The Morgan fingerprint density at radius 1 is 1.27 bits per heavy atom. The zero-order valence-corrected chi connectivity index (χ0v) is 15.5. The molecule has 0 saturated carbocycles. The smallest absolute Gasteiger partial charge is 0.240 e. The summed E-state index contributed by atoms with van der Waals surface area (Å²) in [6.45, 7) is 4.90. The van der Waals surface area contributed by atoms with E-state index in [2.05, 4.69) is 25.8 Å². The minimum absolute atomic E-state index is 0.214. The quantitative estimate of drug-likeness (QED) is 0.749. The molecule has 0 aliphatic rings. The lowest BCUT2D eigenvalue weighted by molar-refractivity contribution is 0.544. The number of hydrogen-bond acceptors (Lipinski definition) is 3. The van der Waals surface area contributed by atoms with Crippen LogP contribution in [0.25, 0.3) is 0 Å². The molecule has 1 heterocycles. The average Bonchev–Trinajstić information content (AvgIpc) is 2.71. The van der Waals surface area contributed by atoms with Gasteiger partial charge in [-0.05, 0) is 60.5 Å². The Morgan fingerprint density at radius 3 is 2.45 bits per heavy atom. The van der Waals surface area contributed by atoms with Gasteiger partial charge in [-0.25, -0.2) is 13.1 Å². The van der Waals surface area contributed by atoms with Gasteiger partial charge in [0.2, 0.25) is 10.0 Å². The van der Waals surface area contributed by atoms with Crippen molar-refractivity contribution in [3.63, 3.8) is 0 Å². The molecular weight excluding hydrogens is 390 g/mol. The van der Waals surface area contributed by atoms with Crippen molar-refractivity contribution in [1.29, 1.82) is 0 Å². The standard InChI is InChI=1S/C14H17BrClN3O2S/c1-10-14(15)11(2)19(18-10)9-3-8-17-22(20,21)13-6-4-12(16)5-7-13/h4-7,17H,3,8-9H2,1-2H3. The number of hydrogen-bond donors (Lipinski definition) is 1. The van der Waals surface area contributed by atoms with E-state index in [4.69, 9.17) is 11.6 Å². The van der Waals surface area contributed by atoms with Gasteiger partial charge >= 0.3 is 0 Å². The predicted octanol–water partition coefficient (Wildman–Crippen LogP) is 3.28. The van der Waals surface area contributed by atoms with E-state index >= 15 is 0 Å². The number of sulfonamides is 1. The molecule has 1 N–H and O–H groups in total. The Bertz CT molecular complexity index is 757. The van der Waals surface area contributed by atoms with E-state index < -0.39 is 10.0 Å². The van der Waals surface area contributed by atoms with Gasteiger partial charge in [0.15, 0.2) is 0 Å². The maximum atomic E-state index is 12.1. The Morgan fingerprint density at radius 2 is 1.91 bits per heavy atom. The Kier molecular flexibility index (Phi) is 5.65. The molecule has 0 fully saturated rings. The van der Waals surface area contributed by atoms with Crippen molar-refractivity contribution in [3.05, 3.63) is 45.1 Å². The van der Waals surface area contributed by atoms with E-state index in [1.54, 1.807) is 12.1 Å². The number of halogens is 2. The zero-order chi connectivity index (χ0) is 16.3. The number of rotatable bonds is 6. The molecule has 0 bridgehead atoms. The van der Waals surface area contributed by atoms with Gasteiger partial charge in [-0.2, -0.15) is 5.10 Å². The molecule has 5 nitrogen and oxygen atoms in total. The summed E-state index contributed by atoms with van der Waals surface area (Å²) in [5, 5.41) is 4.90. The average molecular weight is 407 g/mol. The highest BCUT2D eigenvalue weighted by atomic mass is 79.9. The van der Waals surface area contributed by atoms with Gasteiger partial charge in [-0.3, -0.25) is 4.68 Å². The minimum atomic E-state index is -3.49. The highest BCUT2D eigenvalue weighted by molar-refractivity contribution is 9.10. The monoisotopic (exact) mass is 405 g/mol. The van der Waals surface area contributed by atoms with Crippen LogP contribution in [0.1, 0.15) is 17.8 Å². The molecule has 0 aliphatic carbocycles.